The third kappa shape index (κ3) is 3.34. The van der Waals surface area contributed by atoms with Crippen LogP contribution in [0.3, 0.4) is 0 Å². The molecule has 0 unspecified atom stereocenters. The molecule has 4 nitrogen and oxygen atoms in total. The van der Waals surface area contributed by atoms with E-state index in [1.807, 2.05) is 12.1 Å². The van der Waals surface area contributed by atoms with Crippen molar-refractivity contribution in [2.24, 2.45) is 0 Å². The van der Waals surface area contributed by atoms with Gasteiger partial charge in [-0.1, -0.05) is 12.1 Å². The number of aliphatic hydroxyl groups excluding tert-OH is 1. The summed E-state index contributed by atoms with van der Waals surface area (Å²) in [6.45, 7) is 0. The molecule has 4 heteroatoms. The average molecular weight is 254 g/mol. The fourth-order valence-electron chi connectivity index (χ4n) is 2.12. The predicted octanol–water partition coefficient (Wildman–Crippen LogP) is 2.41. The Morgan fingerprint density at radius 2 is 1.89 bits per heavy atom. The van der Waals surface area contributed by atoms with Crippen LogP contribution in [0, 0.1) is 22.7 Å². The molecule has 1 fully saturated rings. The number of rotatable bonds is 3. The first-order chi connectivity index (χ1) is 9.22. The van der Waals surface area contributed by atoms with Crippen molar-refractivity contribution < 1.29 is 9.84 Å². The summed E-state index contributed by atoms with van der Waals surface area (Å²) < 4.78 is 5.70. The van der Waals surface area contributed by atoms with Crippen molar-refractivity contribution >= 4 is 6.08 Å². The molecule has 0 amide bonds. The molecule has 0 saturated heterocycles. The second kappa shape index (κ2) is 6.04. The quantitative estimate of drug-likeness (QED) is 0.840. The molecule has 96 valence electrons. The van der Waals surface area contributed by atoms with E-state index in [0.717, 1.165) is 24.8 Å². The first kappa shape index (κ1) is 13.1. The van der Waals surface area contributed by atoms with E-state index in [2.05, 4.69) is 0 Å². The molecule has 0 bridgehead atoms. The van der Waals surface area contributed by atoms with Crippen molar-refractivity contribution in [1.29, 1.82) is 10.5 Å². The molecule has 19 heavy (non-hydrogen) atoms. The molecule has 1 aliphatic carbocycles. The van der Waals surface area contributed by atoms with Gasteiger partial charge in [-0.3, -0.25) is 0 Å². The maximum atomic E-state index is 9.68. The first-order valence-corrected chi connectivity index (χ1v) is 6.19. The highest BCUT2D eigenvalue weighted by atomic mass is 16.5. The van der Waals surface area contributed by atoms with E-state index in [-0.39, 0.29) is 17.8 Å². The molecule has 2 rings (SSSR count). The third-order valence-corrected chi connectivity index (χ3v) is 3.14. The lowest BCUT2D eigenvalue weighted by Crippen LogP contribution is -2.25. The van der Waals surface area contributed by atoms with Crippen LogP contribution in [-0.4, -0.2) is 17.3 Å². The van der Waals surface area contributed by atoms with E-state index in [4.69, 9.17) is 15.3 Å². The minimum absolute atomic E-state index is 0.0693. The van der Waals surface area contributed by atoms with Gasteiger partial charge in [-0.25, -0.2) is 0 Å². The number of allylic oxidation sites excluding steroid dienone is 1. The van der Waals surface area contributed by atoms with Crippen molar-refractivity contribution in [2.45, 2.75) is 31.5 Å². The van der Waals surface area contributed by atoms with Gasteiger partial charge in [0.15, 0.2) is 0 Å². The van der Waals surface area contributed by atoms with E-state index in [9.17, 15) is 5.11 Å². The lowest BCUT2D eigenvalue weighted by Gasteiger charge is -2.17. The number of benzene rings is 1. The smallest absolute Gasteiger partial charge is 0.130 e. The molecular formula is C15H14N2O2. The number of ether oxygens (including phenoxy) is 1. The highest BCUT2D eigenvalue weighted by Crippen LogP contribution is 2.25. The summed E-state index contributed by atoms with van der Waals surface area (Å²) in [4.78, 5) is 0. The van der Waals surface area contributed by atoms with Gasteiger partial charge in [0.1, 0.15) is 29.6 Å². The summed E-state index contributed by atoms with van der Waals surface area (Å²) in [5, 5.41) is 27.0. The van der Waals surface area contributed by atoms with Crippen molar-refractivity contribution in [1.82, 2.24) is 0 Å². The van der Waals surface area contributed by atoms with E-state index in [1.165, 1.54) is 6.08 Å². The Morgan fingerprint density at radius 1 is 1.21 bits per heavy atom. The highest BCUT2D eigenvalue weighted by Gasteiger charge is 2.26. The van der Waals surface area contributed by atoms with E-state index in [1.54, 1.807) is 24.3 Å². The van der Waals surface area contributed by atoms with Crippen LogP contribution in [0.5, 0.6) is 5.75 Å². The zero-order valence-electron chi connectivity index (χ0n) is 10.4. The number of hydrogen-bond acceptors (Lipinski definition) is 4. The van der Waals surface area contributed by atoms with Crippen LogP contribution in [0.1, 0.15) is 24.8 Å². The van der Waals surface area contributed by atoms with Crippen molar-refractivity contribution in [3.05, 3.63) is 35.4 Å². The number of nitrogens with zero attached hydrogens (tertiary/aromatic N) is 2. The van der Waals surface area contributed by atoms with Crippen LogP contribution < -0.4 is 4.74 Å². The van der Waals surface area contributed by atoms with Gasteiger partial charge in [-0.15, -0.1) is 0 Å². The van der Waals surface area contributed by atoms with Gasteiger partial charge in [0.25, 0.3) is 0 Å². The van der Waals surface area contributed by atoms with Gasteiger partial charge < -0.3 is 9.84 Å². The summed E-state index contributed by atoms with van der Waals surface area (Å²) >= 11 is 0. The summed E-state index contributed by atoms with van der Waals surface area (Å²) in [5.41, 5.74) is 0.845. The largest absolute Gasteiger partial charge is 0.488 e. The van der Waals surface area contributed by atoms with Crippen molar-refractivity contribution in [2.75, 3.05) is 0 Å². The van der Waals surface area contributed by atoms with Gasteiger partial charge in [-0.05, 0) is 43.0 Å². The monoisotopic (exact) mass is 254 g/mol. The van der Waals surface area contributed by atoms with Gasteiger partial charge in [0.2, 0.25) is 0 Å². The molecule has 0 aliphatic heterocycles. The normalized spacial score (nSPS) is 21.2. The molecule has 1 saturated carbocycles. The molecule has 0 heterocycles. The molecule has 1 N–H and O–H groups in total. The maximum Gasteiger partial charge on any atom is 0.130 e. The standard InChI is InChI=1S/C15H14N2O2/c16-9-12(10-17)8-11-4-6-13(7-5-11)19-15-3-1-2-14(15)18/h4-8,14-15,18H,1-3H2/t14-,15+/m1/s1. The summed E-state index contributed by atoms with van der Waals surface area (Å²) in [6.07, 6.45) is 3.65. The SMILES string of the molecule is N#CC(C#N)=Cc1ccc(O[C@H]2CCC[C@H]2O)cc1. The Balaban J connectivity index is 2.05. The average Bonchev–Trinajstić information content (AvgIpc) is 2.83. The Labute approximate surface area is 112 Å². The minimum atomic E-state index is -0.386. The third-order valence-electron chi connectivity index (χ3n) is 3.14. The molecule has 1 aromatic rings. The molecular weight excluding hydrogens is 240 g/mol. The fourth-order valence-corrected chi connectivity index (χ4v) is 2.12. The number of nitriles is 2. The summed E-state index contributed by atoms with van der Waals surface area (Å²) in [6, 6.07) is 10.8. The van der Waals surface area contributed by atoms with Crippen molar-refractivity contribution in [3.63, 3.8) is 0 Å². The lowest BCUT2D eigenvalue weighted by molar-refractivity contribution is 0.0604. The summed E-state index contributed by atoms with van der Waals surface area (Å²) in [5.74, 6) is 0.693. The van der Waals surface area contributed by atoms with Crippen LogP contribution in [0.15, 0.2) is 29.8 Å². The van der Waals surface area contributed by atoms with Gasteiger partial charge in [0.05, 0.1) is 6.10 Å². The van der Waals surface area contributed by atoms with E-state index < -0.39 is 0 Å². The van der Waals surface area contributed by atoms with Gasteiger partial charge in [0, 0.05) is 0 Å². The minimum Gasteiger partial charge on any atom is -0.488 e. The molecule has 0 aromatic heterocycles. The first-order valence-electron chi connectivity index (χ1n) is 6.19. The van der Waals surface area contributed by atoms with E-state index >= 15 is 0 Å². The molecule has 0 spiro atoms. The Kier molecular flexibility index (Phi) is 4.18. The zero-order chi connectivity index (χ0) is 13.7. The second-order valence-corrected chi connectivity index (χ2v) is 4.51. The molecule has 1 aliphatic rings. The summed E-state index contributed by atoms with van der Waals surface area (Å²) in [7, 11) is 0. The predicted molar refractivity (Wildman–Crippen MR) is 69.9 cm³/mol. The zero-order valence-corrected chi connectivity index (χ0v) is 10.4. The van der Waals surface area contributed by atoms with Crippen molar-refractivity contribution in [3.8, 4) is 17.9 Å². The molecule has 2 atom stereocenters. The van der Waals surface area contributed by atoms with Crippen LogP contribution in [0.4, 0.5) is 0 Å². The topological polar surface area (TPSA) is 77.0 Å². The van der Waals surface area contributed by atoms with Crippen LogP contribution in [-0.2, 0) is 0 Å². The Morgan fingerprint density at radius 3 is 2.42 bits per heavy atom. The molecule has 0 radical (unpaired) electrons. The number of aliphatic hydroxyl groups is 1. The van der Waals surface area contributed by atoms with Crippen LogP contribution in [0.25, 0.3) is 6.08 Å². The second-order valence-electron chi connectivity index (χ2n) is 4.51. The highest BCUT2D eigenvalue weighted by molar-refractivity contribution is 5.62. The van der Waals surface area contributed by atoms with Crippen LogP contribution >= 0.6 is 0 Å². The molecule has 1 aromatic carbocycles. The Hall–Kier alpha value is -2.30. The van der Waals surface area contributed by atoms with Crippen LogP contribution in [0.2, 0.25) is 0 Å². The Bertz CT molecular complexity index is 533. The fraction of sp³-hybridized carbons (Fsp3) is 0.333. The van der Waals surface area contributed by atoms with E-state index in [0.29, 0.717) is 5.75 Å². The van der Waals surface area contributed by atoms with Gasteiger partial charge in [-0.2, -0.15) is 10.5 Å². The lowest BCUT2D eigenvalue weighted by atomic mass is 10.1. The number of hydrogen-bond donors (Lipinski definition) is 1. The van der Waals surface area contributed by atoms with Gasteiger partial charge >= 0.3 is 0 Å². The maximum absolute atomic E-state index is 9.68.